The van der Waals surface area contributed by atoms with E-state index in [-0.39, 0.29) is 22.4 Å². The second-order valence-corrected chi connectivity index (χ2v) is 9.97. The van der Waals surface area contributed by atoms with Gasteiger partial charge in [0.25, 0.3) is 5.91 Å². The van der Waals surface area contributed by atoms with Crippen LogP contribution in [0.1, 0.15) is 48.8 Å². The number of hydrogen-bond donors (Lipinski definition) is 4. The van der Waals surface area contributed by atoms with Crippen LogP contribution < -0.4 is 22.1 Å². The van der Waals surface area contributed by atoms with Gasteiger partial charge in [0.2, 0.25) is 0 Å². The van der Waals surface area contributed by atoms with E-state index < -0.39 is 15.7 Å². The molecule has 1 aromatic heterocycles. The summed E-state index contributed by atoms with van der Waals surface area (Å²) in [4.78, 5) is 21.3. The third-order valence-corrected chi connectivity index (χ3v) is 6.69. The Balaban J connectivity index is 1.92. The molecule has 3 rings (SSSR count). The van der Waals surface area contributed by atoms with Crippen molar-refractivity contribution in [1.29, 1.82) is 0 Å². The molecule has 1 amide bonds. The van der Waals surface area contributed by atoms with Crippen molar-refractivity contribution in [3.63, 3.8) is 0 Å². The summed E-state index contributed by atoms with van der Waals surface area (Å²) in [6.07, 6.45) is 5.82. The van der Waals surface area contributed by atoms with Gasteiger partial charge >= 0.3 is 0 Å². The molecule has 1 aromatic carbocycles. The number of carbonyl (C=O) groups excluding carboxylic acids is 1. The summed E-state index contributed by atoms with van der Waals surface area (Å²) in [5, 5.41) is 6.49. The van der Waals surface area contributed by atoms with E-state index in [2.05, 4.69) is 20.6 Å². The molecule has 0 bridgehead atoms. The van der Waals surface area contributed by atoms with Gasteiger partial charge in [-0.1, -0.05) is 13.0 Å². The fourth-order valence-corrected chi connectivity index (χ4v) is 4.44. The third-order valence-electron chi connectivity index (χ3n) is 5.58. The largest absolute Gasteiger partial charge is 0.366 e. The zero-order chi connectivity index (χ0) is 22.6. The molecular formula is C21H30N6O3S. The average molecular weight is 447 g/mol. The van der Waals surface area contributed by atoms with Crippen molar-refractivity contribution >= 4 is 33.1 Å². The minimum Gasteiger partial charge on any atom is -0.366 e. The summed E-state index contributed by atoms with van der Waals surface area (Å²) >= 11 is 0. The highest BCUT2D eigenvalue weighted by atomic mass is 32.2. The first-order chi connectivity index (χ1) is 14.7. The van der Waals surface area contributed by atoms with Crippen molar-refractivity contribution in [2.75, 3.05) is 23.4 Å². The molecule has 0 aliphatic heterocycles. The Hall–Kier alpha value is -2.72. The maximum atomic E-state index is 12.0. The normalized spacial score (nSPS) is 19.1. The molecule has 0 spiro atoms. The predicted molar refractivity (Wildman–Crippen MR) is 121 cm³/mol. The first kappa shape index (κ1) is 23.0. The first-order valence-corrected chi connectivity index (χ1v) is 12.3. The van der Waals surface area contributed by atoms with Gasteiger partial charge in [0.15, 0.2) is 21.3 Å². The lowest BCUT2D eigenvalue weighted by Gasteiger charge is -2.29. The lowest BCUT2D eigenvalue weighted by molar-refractivity contribution is 0.0996. The van der Waals surface area contributed by atoms with Gasteiger partial charge in [0, 0.05) is 18.0 Å². The van der Waals surface area contributed by atoms with Crippen LogP contribution in [0.2, 0.25) is 0 Å². The van der Waals surface area contributed by atoms with Crippen molar-refractivity contribution in [1.82, 2.24) is 9.97 Å². The Morgan fingerprint density at radius 1 is 1.16 bits per heavy atom. The topological polar surface area (TPSA) is 153 Å². The number of amides is 1. The van der Waals surface area contributed by atoms with Gasteiger partial charge in [-0.3, -0.25) is 4.79 Å². The number of benzene rings is 1. The number of aromatic nitrogens is 2. The molecular weight excluding hydrogens is 416 g/mol. The molecule has 0 radical (unpaired) electrons. The van der Waals surface area contributed by atoms with Gasteiger partial charge in [0.05, 0.1) is 10.6 Å². The van der Waals surface area contributed by atoms with Crippen LogP contribution in [0.4, 0.5) is 17.3 Å². The van der Waals surface area contributed by atoms with Crippen LogP contribution in [0.15, 0.2) is 29.2 Å². The predicted octanol–water partition coefficient (Wildman–Crippen LogP) is 2.21. The lowest BCUT2D eigenvalue weighted by atomic mass is 9.86. The van der Waals surface area contributed by atoms with Gasteiger partial charge in [-0.2, -0.15) is 0 Å². The molecule has 0 atom stereocenters. The van der Waals surface area contributed by atoms with Gasteiger partial charge in [-0.15, -0.1) is 0 Å². The molecule has 1 aliphatic rings. The quantitative estimate of drug-likeness (QED) is 0.481. The van der Waals surface area contributed by atoms with Crippen molar-refractivity contribution in [2.24, 2.45) is 17.4 Å². The van der Waals surface area contributed by atoms with E-state index in [1.165, 1.54) is 12.1 Å². The SMILES string of the molecule is CCc1nc(C(N)=O)c(Nc2cccc(S(C)(=O)=O)c2)nc1NC1CCC(CN)CC1. The van der Waals surface area contributed by atoms with E-state index in [9.17, 15) is 13.2 Å². The van der Waals surface area contributed by atoms with Crippen LogP contribution in [0.25, 0.3) is 0 Å². The van der Waals surface area contributed by atoms with E-state index in [4.69, 9.17) is 11.5 Å². The number of primary amides is 1. The Labute approximate surface area is 183 Å². The number of hydrogen-bond acceptors (Lipinski definition) is 8. The molecule has 0 unspecified atom stereocenters. The van der Waals surface area contributed by atoms with Gasteiger partial charge in [-0.05, 0) is 62.8 Å². The summed E-state index contributed by atoms with van der Waals surface area (Å²) in [6, 6.07) is 6.55. The van der Waals surface area contributed by atoms with Crippen molar-refractivity contribution < 1.29 is 13.2 Å². The zero-order valence-electron chi connectivity index (χ0n) is 17.9. The Morgan fingerprint density at radius 3 is 2.45 bits per heavy atom. The van der Waals surface area contributed by atoms with Crippen LogP contribution in [-0.4, -0.2) is 43.1 Å². The smallest absolute Gasteiger partial charge is 0.271 e. The molecule has 1 saturated carbocycles. The van der Waals surface area contributed by atoms with Crippen LogP contribution >= 0.6 is 0 Å². The first-order valence-electron chi connectivity index (χ1n) is 10.5. The summed E-state index contributed by atoms with van der Waals surface area (Å²) in [5.41, 5.74) is 12.5. The van der Waals surface area contributed by atoms with Crippen LogP contribution in [0.5, 0.6) is 0 Å². The standard InChI is InChI=1S/C21H30N6O3S/c1-3-17-20(24-14-9-7-13(12-22)8-10-14)27-21(18(26-17)19(23)28)25-15-5-4-6-16(11-15)31(2,29)30/h4-6,11,13-14H,3,7-10,12,22H2,1-2H3,(H2,23,28)(H2,24,25,27). The van der Waals surface area contributed by atoms with Gasteiger partial charge in [-0.25, -0.2) is 18.4 Å². The van der Waals surface area contributed by atoms with E-state index >= 15 is 0 Å². The molecule has 168 valence electrons. The summed E-state index contributed by atoms with van der Waals surface area (Å²) in [7, 11) is -3.38. The number of aryl methyl sites for hydroxylation is 1. The maximum absolute atomic E-state index is 12.0. The Bertz CT molecular complexity index is 1050. The average Bonchev–Trinajstić information content (AvgIpc) is 2.74. The minimum atomic E-state index is -3.38. The number of nitrogens with two attached hydrogens (primary N) is 2. The Kier molecular flexibility index (Phi) is 7.11. The number of carbonyl (C=O) groups is 1. The summed E-state index contributed by atoms with van der Waals surface area (Å²) in [5.74, 6) is 0.643. The number of nitrogens with zero attached hydrogens (tertiary/aromatic N) is 2. The van der Waals surface area contributed by atoms with Crippen LogP contribution in [-0.2, 0) is 16.3 Å². The second-order valence-electron chi connectivity index (χ2n) is 7.96. The molecule has 0 saturated heterocycles. The molecule has 2 aromatic rings. The fourth-order valence-electron chi connectivity index (χ4n) is 3.77. The van der Waals surface area contributed by atoms with Crippen LogP contribution in [0, 0.1) is 5.92 Å². The number of nitrogens with one attached hydrogen (secondary N) is 2. The molecule has 10 heteroatoms. The van der Waals surface area contributed by atoms with E-state index in [0.29, 0.717) is 36.1 Å². The number of rotatable bonds is 8. The number of anilines is 3. The van der Waals surface area contributed by atoms with Gasteiger partial charge in [0.1, 0.15) is 5.82 Å². The third kappa shape index (κ3) is 5.71. The van der Waals surface area contributed by atoms with Gasteiger partial charge < -0.3 is 22.1 Å². The number of sulfone groups is 1. The summed E-state index contributed by atoms with van der Waals surface area (Å²) in [6.45, 7) is 2.65. The molecule has 6 N–H and O–H groups in total. The molecule has 1 heterocycles. The highest BCUT2D eigenvalue weighted by molar-refractivity contribution is 7.90. The minimum absolute atomic E-state index is 0.0130. The highest BCUT2D eigenvalue weighted by Crippen LogP contribution is 2.28. The Morgan fingerprint density at radius 2 is 1.87 bits per heavy atom. The second kappa shape index (κ2) is 9.61. The van der Waals surface area contributed by atoms with Crippen molar-refractivity contribution in [2.45, 2.75) is 50.0 Å². The lowest BCUT2D eigenvalue weighted by Crippen LogP contribution is -2.30. The fraction of sp³-hybridized carbons (Fsp3) is 0.476. The van der Waals surface area contributed by atoms with Crippen molar-refractivity contribution in [3.05, 3.63) is 35.7 Å². The monoisotopic (exact) mass is 446 g/mol. The molecule has 1 fully saturated rings. The van der Waals surface area contributed by atoms with Crippen LogP contribution in [0.3, 0.4) is 0 Å². The molecule has 1 aliphatic carbocycles. The van der Waals surface area contributed by atoms with E-state index in [1.807, 2.05) is 6.92 Å². The van der Waals surface area contributed by atoms with E-state index in [0.717, 1.165) is 31.9 Å². The highest BCUT2D eigenvalue weighted by Gasteiger charge is 2.23. The zero-order valence-corrected chi connectivity index (χ0v) is 18.7. The van der Waals surface area contributed by atoms with E-state index in [1.54, 1.807) is 12.1 Å². The van der Waals surface area contributed by atoms with Crippen molar-refractivity contribution in [3.8, 4) is 0 Å². The molecule has 31 heavy (non-hydrogen) atoms. The molecule has 9 nitrogen and oxygen atoms in total. The maximum Gasteiger partial charge on any atom is 0.271 e. The summed E-state index contributed by atoms with van der Waals surface area (Å²) < 4.78 is 23.7.